The van der Waals surface area contributed by atoms with Crippen LogP contribution in [0, 0.1) is 0 Å². The number of hydrogen-bond donors (Lipinski definition) is 1. The van der Waals surface area contributed by atoms with E-state index < -0.39 is 13.9 Å². The first-order chi connectivity index (χ1) is 28.6. The van der Waals surface area contributed by atoms with E-state index >= 15 is 0 Å². The van der Waals surface area contributed by atoms with Crippen molar-refractivity contribution in [2.45, 2.75) is 213 Å². The first kappa shape index (κ1) is 57.5. The summed E-state index contributed by atoms with van der Waals surface area (Å²) >= 11 is 0. The van der Waals surface area contributed by atoms with Gasteiger partial charge < -0.3 is 18.9 Å². The molecule has 0 radical (unpaired) electrons. The minimum absolute atomic E-state index is 0.0837. The summed E-state index contributed by atoms with van der Waals surface area (Å²) in [6, 6.07) is 0. The maximum absolute atomic E-state index is 12.7. The monoisotopic (exact) mass is 853 g/mol. The van der Waals surface area contributed by atoms with E-state index in [0.29, 0.717) is 24.1 Å². The van der Waals surface area contributed by atoms with Crippen LogP contribution in [0.1, 0.15) is 206 Å². The number of rotatable bonds is 45. The maximum atomic E-state index is 12.7. The number of allylic oxidation sites excluding steroid dienone is 8. The second kappa shape index (κ2) is 43.1. The van der Waals surface area contributed by atoms with Gasteiger partial charge in [0.2, 0.25) is 0 Å². The molecular formula is C50H95NO7P+. The fourth-order valence-electron chi connectivity index (χ4n) is 6.55. The van der Waals surface area contributed by atoms with E-state index in [9.17, 15) is 14.3 Å². The largest absolute Gasteiger partial charge is 0.472 e. The number of esters is 1. The predicted octanol–water partition coefficient (Wildman–Crippen LogP) is 14.7. The third kappa shape index (κ3) is 47.4. The Morgan fingerprint density at radius 2 is 0.932 bits per heavy atom. The third-order valence-electron chi connectivity index (χ3n) is 10.4. The number of nitrogens with zero attached hydrogens (tertiary/aromatic N) is 1. The Kier molecular flexibility index (Phi) is 42.0. The maximum Gasteiger partial charge on any atom is 0.472 e. The highest BCUT2D eigenvalue weighted by Gasteiger charge is 2.26. The van der Waals surface area contributed by atoms with E-state index in [-0.39, 0.29) is 25.8 Å². The summed E-state index contributed by atoms with van der Waals surface area (Å²) in [5.41, 5.74) is 0. The van der Waals surface area contributed by atoms with Crippen molar-refractivity contribution in [2.24, 2.45) is 0 Å². The number of ether oxygens (including phenoxy) is 2. The molecular weight excluding hydrogens is 758 g/mol. The average molecular weight is 853 g/mol. The minimum atomic E-state index is -4.28. The van der Waals surface area contributed by atoms with Gasteiger partial charge in [0.1, 0.15) is 19.3 Å². The predicted molar refractivity (Wildman–Crippen MR) is 252 cm³/mol. The number of phosphoric ester groups is 1. The summed E-state index contributed by atoms with van der Waals surface area (Å²) in [6.45, 7) is 5.58. The molecule has 0 aliphatic heterocycles. The Bertz CT molecular complexity index is 1080. The van der Waals surface area contributed by atoms with Crippen LogP contribution in [0.15, 0.2) is 48.6 Å². The summed E-state index contributed by atoms with van der Waals surface area (Å²) in [7, 11) is 1.65. The van der Waals surface area contributed by atoms with Crippen molar-refractivity contribution in [3.05, 3.63) is 48.6 Å². The fourth-order valence-corrected chi connectivity index (χ4v) is 7.30. The van der Waals surface area contributed by atoms with Gasteiger partial charge in [-0.2, -0.15) is 0 Å². The van der Waals surface area contributed by atoms with Crippen LogP contribution in [0.4, 0.5) is 0 Å². The SMILES string of the molecule is CCCCCCC/C=C\C/C=C\C/C=C\CCCCCCCCCOCC(COP(=O)(O)OCC[N+](C)(C)C)OC(=O)CCCCCCC/C=C\CCCCCCCC. The summed E-state index contributed by atoms with van der Waals surface area (Å²) < 4.78 is 35.1. The zero-order valence-corrected chi connectivity index (χ0v) is 40.1. The van der Waals surface area contributed by atoms with Gasteiger partial charge in [-0.15, -0.1) is 0 Å². The van der Waals surface area contributed by atoms with E-state index in [2.05, 4.69) is 62.5 Å². The minimum Gasteiger partial charge on any atom is -0.457 e. The molecule has 346 valence electrons. The molecule has 1 N–H and O–H groups in total. The molecule has 0 rings (SSSR count). The second-order valence-electron chi connectivity index (χ2n) is 17.5. The summed E-state index contributed by atoms with van der Waals surface area (Å²) in [6.07, 6.45) is 52.9. The van der Waals surface area contributed by atoms with Crippen LogP contribution in [-0.2, 0) is 27.9 Å². The molecule has 0 saturated carbocycles. The highest BCUT2D eigenvalue weighted by Crippen LogP contribution is 2.43. The van der Waals surface area contributed by atoms with Crippen LogP contribution < -0.4 is 0 Å². The van der Waals surface area contributed by atoms with Crippen molar-refractivity contribution in [3.63, 3.8) is 0 Å². The van der Waals surface area contributed by atoms with E-state index in [4.69, 9.17) is 18.5 Å². The van der Waals surface area contributed by atoms with E-state index in [1.54, 1.807) is 0 Å². The zero-order valence-electron chi connectivity index (χ0n) is 39.2. The molecule has 0 aliphatic rings. The van der Waals surface area contributed by atoms with Crippen LogP contribution in [0.5, 0.6) is 0 Å². The molecule has 0 aromatic heterocycles. The first-order valence-electron chi connectivity index (χ1n) is 24.4. The molecule has 0 aromatic rings. The average Bonchev–Trinajstić information content (AvgIpc) is 3.19. The molecule has 9 heteroatoms. The quantitative estimate of drug-likeness (QED) is 0.0214. The van der Waals surface area contributed by atoms with Crippen molar-refractivity contribution in [1.29, 1.82) is 0 Å². The molecule has 8 nitrogen and oxygen atoms in total. The molecule has 0 aromatic carbocycles. The molecule has 0 saturated heterocycles. The molecule has 0 spiro atoms. The lowest BCUT2D eigenvalue weighted by atomic mass is 10.1. The zero-order chi connectivity index (χ0) is 43.4. The molecule has 0 aliphatic carbocycles. The van der Waals surface area contributed by atoms with Gasteiger partial charge in [-0.05, 0) is 77.0 Å². The Hall–Kier alpha value is -1.54. The third-order valence-corrected chi connectivity index (χ3v) is 11.3. The normalized spacial score (nSPS) is 14.1. The van der Waals surface area contributed by atoms with E-state index in [0.717, 1.165) is 64.2 Å². The van der Waals surface area contributed by atoms with E-state index in [1.807, 2.05) is 21.1 Å². The molecule has 0 amide bonds. The fraction of sp³-hybridized carbons (Fsp3) is 0.820. The van der Waals surface area contributed by atoms with Gasteiger partial charge >= 0.3 is 13.8 Å². The summed E-state index contributed by atoms with van der Waals surface area (Å²) in [4.78, 5) is 22.9. The molecule has 0 heterocycles. The Balaban J connectivity index is 4.20. The summed E-state index contributed by atoms with van der Waals surface area (Å²) in [5.74, 6) is -0.326. The Morgan fingerprint density at radius 3 is 1.41 bits per heavy atom. The van der Waals surface area contributed by atoms with Gasteiger partial charge in [0.25, 0.3) is 0 Å². The standard InChI is InChI=1S/C50H94NO7P/c1-6-8-10-12-14-16-18-20-22-23-24-25-26-27-28-30-32-34-36-38-40-42-45-55-47-49(48-57-59(53,54)56-46-44-51(3,4)5)58-50(52)43-41-39-37-35-33-31-29-21-19-17-15-13-11-9-7-2/h18,20-21,23-24,26-27,29,49H,6-17,19,22,25,28,30-48H2,1-5H3/p+1/b20-18-,24-23-,27-26-,29-21-. The number of phosphoric acid groups is 1. The molecule has 59 heavy (non-hydrogen) atoms. The van der Waals surface area contributed by atoms with Gasteiger partial charge in [-0.3, -0.25) is 13.8 Å². The number of carbonyl (C=O) groups is 1. The van der Waals surface area contributed by atoms with Gasteiger partial charge in [0.05, 0.1) is 34.4 Å². The van der Waals surface area contributed by atoms with Crippen LogP contribution in [0.2, 0.25) is 0 Å². The van der Waals surface area contributed by atoms with Crippen LogP contribution in [0.25, 0.3) is 0 Å². The number of likely N-dealkylation sites (N-methyl/N-ethyl adjacent to an activating group) is 1. The topological polar surface area (TPSA) is 91.3 Å². The number of carbonyl (C=O) groups excluding carboxylic acids is 1. The van der Waals surface area contributed by atoms with Crippen LogP contribution in [0.3, 0.4) is 0 Å². The smallest absolute Gasteiger partial charge is 0.457 e. The van der Waals surface area contributed by atoms with Crippen molar-refractivity contribution < 1.29 is 37.3 Å². The lowest BCUT2D eigenvalue weighted by Crippen LogP contribution is -2.37. The van der Waals surface area contributed by atoms with Crippen LogP contribution in [-0.4, -0.2) is 75.6 Å². The highest BCUT2D eigenvalue weighted by atomic mass is 31.2. The Labute approximate surface area is 365 Å². The molecule has 2 atom stereocenters. The van der Waals surface area contributed by atoms with Crippen molar-refractivity contribution in [3.8, 4) is 0 Å². The van der Waals surface area contributed by atoms with Gasteiger partial charge in [-0.1, -0.05) is 172 Å². The number of unbranched alkanes of at least 4 members (excludes halogenated alkanes) is 23. The van der Waals surface area contributed by atoms with Gasteiger partial charge in [0.15, 0.2) is 0 Å². The van der Waals surface area contributed by atoms with Crippen molar-refractivity contribution in [2.75, 3.05) is 54.1 Å². The van der Waals surface area contributed by atoms with Gasteiger partial charge in [-0.25, -0.2) is 4.57 Å². The molecule has 2 unspecified atom stereocenters. The highest BCUT2D eigenvalue weighted by molar-refractivity contribution is 7.47. The van der Waals surface area contributed by atoms with Crippen molar-refractivity contribution in [1.82, 2.24) is 0 Å². The molecule has 0 bridgehead atoms. The lowest BCUT2D eigenvalue weighted by Gasteiger charge is -2.24. The van der Waals surface area contributed by atoms with Gasteiger partial charge in [0, 0.05) is 13.0 Å². The number of hydrogen-bond acceptors (Lipinski definition) is 6. The van der Waals surface area contributed by atoms with Crippen molar-refractivity contribution >= 4 is 13.8 Å². The molecule has 0 fully saturated rings. The Morgan fingerprint density at radius 1 is 0.525 bits per heavy atom. The van der Waals surface area contributed by atoms with Crippen LogP contribution >= 0.6 is 7.82 Å². The lowest BCUT2D eigenvalue weighted by molar-refractivity contribution is -0.870. The second-order valence-corrected chi connectivity index (χ2v) is 18.9. The number of quaternary nitrogens is 1. The summed E-state index contributed by atoms with van der Waals surface area (Å²) in [5, 5.41) is 0. The first-order valence-corrected chi connectivity index (χ1v) is 25.9. The van der Waals surface area contributed by atoms with E-state index in [1.165, 1.54) is 122 Å².